The van der Waals surface area contributed by atoms with Gasteiger partial charge in [0.25, 0.3) is 0 Å². The largest absolute Gasteiger partial charge is 0.390 e. The second-order valence-electron chi connectivity index (χ2n) is 3.10. The molecule has 2 atom stereocenters. The molecule has 0 bridgehead atoms. The highest BCUT2D eigenvalue weighted by atomic mass is 16.3. The first-order chi connectivity index (χ1) is 4.61. The first-order valence-corrected chi connectivity index (χ1v) is 3.62. The Hall–Kier alpha value is -0.340. The average molecular weight is 142 g/mol. The van der Waals surface area contributed by atoms with E-state index in [-0.39, 0.29) is 0 Å². The van der Waals surface area contributed by atoms with Crippen LogP contribution in [0.2, 0.25) is 0 Å². The minimum atomic E-state index is -0.538. The van der Waals surface area contributed by atoms with Crippen LogP contribution in [-0.2, 0) is 0 Å². The van der Waals surface area contributed by atoms with E-state index in [1.54, 1.807) is 0 Å². The SMILES string of the molecule is CC1=C(C)C[C@H](O)[C@@H](O)C1. The van der Waals surface area contributed by atoms with Gasteiger partial charge in [-0.25, -0.2) is 0 Å². The van der Waals surface area contributed by atoms with E-state index in [0.717, 1.165) is 0 Å². The highest BCUT2D eigenvalue weighted by molar-refractivity contribution is 5.16. The molecule has 0 radical (unpaired) electrons. The lowest BCUT2D eigenvalue weighted by atomic mass is 9.90. The number of hydrogen-bond donors (Lipinski definition) is 2. The van der Waals surface area contributed by atoms with Crippen molar-refractivity contribution in [3.05, 3.63) is 11.1 Å². The summed E-state index contributed by atoms with van der Waals surface area (Å²) in [5.41, 5.74) is 2.44. The zero-order valence-electron chi connectivity index (χ0n) is 6.46. The van der Waals surface area contributed by atoms with Crippen LogP contribution < -0.4 is 0 Å². The standard InChI is InChI=1S/C8H14O2/c1-5-3-7(9)8(10)4-6(5)2/h7-10H,3-4H2,1-2H3/t7-,8-/m0/s1. The molecule has 0 aliphatic heterocycles. The number of aliphatic hydroxyl groups is 2. The molecule has 2 N–H and O–H groups in total. The van der Waals surface area contributed by atoms with Crippen LogP contribution in [-0.4, -0.2) is 22.4 Å². The van der Waals surface area contributed by atoms with Crippen LogP contribution >= 0.6 is 0 Å². The van der Waals surface area contributed by atoms with E-state index < -0.39 is 12.2 Å². The summed E-state index contributed by atoms with van der Waals surface area (Å²) in [6, 6.07) is 0. The fourth-order valence-corrected chi connectivity index (χ4v) is 1.25. The smallest absolute Gasteiger partial charge is 0.0839 e. The molecular formula is C8H14O2. The summed E-state index contributed by atoms with van der Waals surface area (Å²) in [4.78, 5) is 0. The molecule has 10 heavy (non-hydrogen) atoms. The van der Waals surface area contributed by atoms with Crippen molar-refractivity contribution in [2.45, 2.75) is 38.9 Å². The molecule has 0 aromatic rings. The van der Waals surface area contributed by atoms with Crippen LogP contribution in [0.15, 0.2) is 11.1 Å². The van der Waals surface area contributed by atoms with Crippen molar-refractivity contribution in [1.29, 1.82) is 0 Å². The summed E-state index contributed by atoms with van der Waals surface area (Å²) < 4.78 is 0. The van der Waals surface area contributed by atoms with Gasteiger partial charge >= 0.3 is 0 Å². The molecule has 0 spiro atoms. The third-order valence-corrected chi connectivity index (χ3v) is 2.20. The van der Waals surface area contributed by atoms with E-state index in [0.29, 0.717) is 12.8 Å². The van der Waals surface area contributed by atoms with Crippen molar-refractivity contribution < 1.29 is 10.2 Å². The molecule has 0 fully saturated rings. The molecule has 0 saturated heterocycles. The molecule has 1 rings (SSSR count). The Morgan fingerprint density at radius 2 is 1.30 bits per heavy atom. The Kier molecular flexibility index (Phi) is 2.11. The van der Waals surface area contributed by atoms with Gasteiger partial charge in [-0.1, -0.05) is 11.1 Å². The molecule has 0 aromatic carbocycles. The fraction of sp³-hybridized carbons (Fsp3) is 0.750. The van der Waals surface area contributed by atoms with Crippen molar-refractivity contribution in [2.24, 2.45) is 0 Å². The Morgan fingerprint density at radius 3 is 1.60 bits per heavy atom. The van der Waals surface area contributed by atoms with Gasteiger partial charge in [0.15, 0.2) is 0 Å². The Balaban J connectivity index is 2.69. The summed E-state index contributed by atoms with van der Waals surface area (Å²) in [5.74, 6) is 0. The summed E-state index contributed by atoms with van der Waals surface area (Å²) in [6.07, 6.45) is 0.187. The molecule has 0 unspecified atom stereocenters. The average Bonchev–Trinajstić information content (AvgIpc) is 1.84. The lowest BCUT2D eigenvalue weighted by molar-refractivity contribution is 0.0144. The number of rotatable bonds is 0. The zero-order chi connectivity index (χ0) is 7.72. The van der Waals surface area contributed by atoms with E-state index >= 15 is 0 Å². The first-order valence-electron chi connectivity index (χ1n) is 3.62. The van der Waals surface area contributed by atoms with Crippen LogP contribution in [0.1, 0.15) is 26.7 Å². The lowest BCUT2D eigenvalue weighted by Crippen LogP contribution is -2.29. The molecule has 0 amide bonds. The van der Waals surface area contributed by atoms with Gasteiger partial charge in [-0.2, -0.15) is 0 Å². The second-order valence-corrected chi connectivity index (χ2v) is 3.10. The van der Waals surface area contributed by atoms with E-state index in [1.165, 1.54) is 11.1 Å². The van der Waals surface area contributed by atoms with Crippen molar-refractivity contribution in [2.75, 3.05) is 0 Å². The van der Waals surface area contributed by atoms with Gasteiger partial charge in [-0.3, -0.25) is 0 Å². The van der Waals surface area contributed by atoms with Gasteiger partial charge in [0, 0.05) is 0 Å². The van der Waals surface area contributed by atoms with Crippen LogP contribution in [0.4, 0.5) is 0 Å². The predicted molar refractivity (Wildman–Crippen MR) is 39.6 cm³/mol. The van der Waals surface area contributed by atoms with Gasteiger partial charge in [0.2, 0.25) is 0 Å². The molecule has 0 aromatic heterocycles. The second kappa shape index (κ2) is 2.72. The van der Waals surface area contributed by atoms with E-state index in [9.17, 15) is 10.2 Å². The maximum absolute atomic E-state index is 9.18. The summed E-state index contributed by atoms with van der Waals surface area (Å²) in [7, 11) is 0. The Bertz CT molecular complexity index is 143. The van der Waals surface area contributed by atoms with Crippen molar-refractivity contribution >= 4 is 0 Å². The lowest BCUT2D eigenvalue weighted by Gasteiger charge is -2.25. The third-order valence-electron chi connectivity index (χ3n) is 2.20. The molecule has 0 saturated carbocycles. The molecule has 58 valence electrons. The van der Waals surface area contributed by atoms with E-state index in [2.05, 4.69) is 0 Å². The van der Waals surface area contributed by atoms with Crippen molar-refractivity contribution in [3.8, 4) is 0 Å². The highest BCUT2D eigenvalue weighted by Gasteiger charge is 2.22. The maximum Gasteiger partial charge on any atom is 0.0839 e. The monoisotopic (exact) mass is 142 g/mol. The first kappa shape index (κ1) is 7.76. The van der Waals surface area contributed by atoms with Crippen LogP contribution in [0.25, 0.3) is 0 Å². The summed E-state index contributed by atoms with van der Waals surface area (Å²) in [6.45, 7) is 4.01. The van der Waals surface area contributed by atoms with Gasteiger partial charge in [-0.15, -0.1) is 0 Å². The minimum Gasteiger partial charge on any atom is -0.390 e. The molecular weight excluding hydrogens is 128 g/mol. The molecule has 2 heteroatoms. The summed E-state index contributed by atoms with van der Waals surface area (Å²) in [5, 5.41) is 18.4. The van der Waals surface area contributed by atoms with Crippen molar-refractivity contribution in [1.82, 2.24) is 0 Å². The van der Waals surface area contributed by atoms with Gasteiger partial charge < -0.3 is 10.2 Å². The van der Waals surface area contributed by atoms with Crippen LogP contribution in [0.3, 0.4) is 0 Å². The fourth-order valence-electron chi connectivity index (χ4n) is 1.25. The topological polar surface area (TPSA) is 40.5 Å². The Morgan fingerprint density at radius 1 is 1.00 bits per heavy atom. The quantitative estimate of drug-likeness (QED) is 0.492. The molecule has 2 nitrogen and oxygen atoms in total. The third kappa shape index (κ3) is 1.39. The number of aliphatic hydroxyl groups excluding tert-OH is 2. The maximum atomic E-state index is 9.18. The molecule has 0 heterocycles. The van der Waals surface area contributed by atoms with Crippen LogP contribution in [0.5, 0.6) is 0 Å². The van der Waals surface area contributed by atoms with Crippen LogP contribution in [0, 0.1) is 0 Å². The van der Waals surface area contributed by atoms with Crippen molar-refractivity contribution in [3.63, 3.8) is 0 Å². The normalized spacial score (nSPS) is 34.8. The predicted octanol–water partition coefficient (Wildman–Crippen LogP) is 0.838. The Labute approximate surface area is 61.2 Å². The van der Waals surface area contributed by atoms with E-state index in [1.807, 2.05) is 13.8 Å². The number of hydrogen-bond acceptors (Lipinski definition) is 2. The van der Waals surface area contributed by atoms with E-state index in [4.69, 9.17) is 0 Å². The highest BCUT2D eigenvalue weighted by Crippen LogP contribution is 2.24. The minimum absolute atomic E-state index is 0.538. The van der Waals surface area contributed by atoms with Gasteiger partial charge in [-0.05, 0) is 26.7 Å². The molecule has 1 aliphatic rings. The molecule has 1 aliphatic carbocycles. The zero-order valence-corrected chi connectivity index (χ0v) is 6.46. The van der Waals surface area contributed by atoms with Gasteiger partial charge in [0.05, 0.1) is 12.2 Å². The van der Waals surface area contributed by atoms with Gasteiger partial charge in [0.1, 0.15) is 0 Å². The summed E-state index contributed by atoms with van der Waals surface area (Å²) >= 11 is 0.